The molecule has 0 aliphatic carbocycles. The van der Waals surface area contributed by atoms with Crippen molar-refractivity contribution in [1.29, 1.82) is 0 Å². The maximum atomic E-state index is 12.2. The van der Waals surface area contributed by atoms with Gasteiger partial charge in [0.25, 0.3) is 0 Å². The largest absolute Gasteiger partial charge is 0.424 e. The summed E-state index contributed by atoms with van der Waals surface area (Å²) in [5.74, 6) is 0.118. The van der Waals surface area contributed by atoms with Crippen molar-refractivity contribution in [3.8, 4) is 5.75 Å². The number of hydrogen-bond acceptors (Lipinski definition) is 3. The van der Waals surface area contributed by atoms with Crippen molar-refractivity contribution in [2.24, 2.45) is 0 Å². The molecule has 0 amide bonds. The van der Waals surface area contributed by atoms with Gasteiger partial charge in [-0.15, -0.1) is 0 Å². The summed E-state index contributed by atoms with van der Waals surface area (Å²) in [5.41, 5.74) is 0.797. The van der Waals surface area contributed by atoms with Crippen LogP contribution in [0.2, 0.25) is 0 Å². The van der Waals surface area contributed by atoms with E-state index in [0.29, 0.717) is 12.4 Å². The van der Waals surface area contributed by atoms with Crippen molar-refractivity contribution in [3.05, 3.63) is 66.2 Å². The molecule has 0 saturated carbocycles. The number of rotatable bonds is 5. The van der Waals surface area contributed by atoms with Crippen LogP contribution in [0.4, 0.5) is 0 Å². The molecule has 0 aromatic heterocycles. The molecular formula is C16H16O3. The zero-order chi connectivity index (χ0) is 13.5. The van der Waals surface area contributed by atoms with Gasteiger partial charge in [0.2, 0.25) is 0 Å². The van der Waals surface area contributed by atoms with Crippen molar-refractivity contribution in [1.82, 2.24) is 0 Å². The van der Waals surface area contributed by atoms with Crippen LogP contribution in [-0.4, -0.2) is 12.6 Å². The molecule has 3 nitrogen and oxygen atoms in total. The minimum absolute atomic E-state index is 0.403. The lowest BCUT2D eigenvalue weighted by atomic mass is 10.1. The third-order valence-electron chi connectivity index (χ3n) is 2.61. The molecule has 2 aromatic rings. The van der Waals surface area contributed by atoms with Gasteiger partial charge >= 0.3 is 5.97 Å². The number of para-hydroxylation sites is 1. The highest BCUT2D eigenvalue weighted by Crippen LogP contribution is 2.20. The van der Waals surface area contributed by atoms with E-state index in [1.54, 1.807) is 12.1 Å². The van der Waals surface area contributed by atoms with Crippen molar-refractivity contribution in [3.63, 3.8) is 0 Å². The summed E-state index contributed by atoms with van der Waals surface area (Å²) in [6.07, 6.45) is -0.689. The first-order valence-corrected chi connectivity index (χ1v) is 6.24. The molecule has 1 atom stereocenters. The van der Waals surface area contributed by atoms with Crippen LogP contribution in [0.1, 0.15) is 18.6 Å². The number of hydrogen-bond donors (Lipinski definition) is 0. The topological polar surface area (TPSA) is 35.5 Å². The maximum absolute atomic E-state index is 12.2. The van der Waals surface area contributed by atoms with Crippen LogP contribution in [0, 0.1) is 0 Å². The molecule has 2 rings (SSSR count). The average molecular weight is 256 g/mol. The Labute approximate surface area is 112 Å². The molecule has 98 valence electrons. The van der Waals surface area contributed by atoms with Gasteiger partial charge in [0.05, 0.1) is 0 Å². The fourth-order valence-corrected chi connectivity index (χ4v) is 1.75. The molecule has 0 heterocycles. The van der Waals surface area contributed by atoms with E-state index in [1.807, 2.05) is 55.5 Å². The quantitative estimate of drug-likeness (QED) is 0.607. The SMILES string of the molecule is CCOC(C(=O)Oc1ccccc1)c1ccccc1. The van der Waals surface area contributed by atoms with Crippen LogP contribution in [-0.2, 0) is 9.53 Å². The van der Waals surface area contributed by atoms with Crippen LogP contribution >= 0.6 is 0 Å². The first kappa shape index (κ1) is 13.3. The second kappa shape index (κ2) is 6.71. The molecule has 0 aliphatic rings. The van der Waals surface area contributed by atoms with Gasteiger partial charge in [-0.3, -0.25) is 0 Å². The van der Waals surface area contributed by atoms with Gasteiger partial charge in [-0.2, -0.15) is 0 Å². The average Bonchev–Trinajstić information content (AvgIpc) is 2.46. The summed E-state index contributed by atoms with van der Waals surface area (Å²) >= 11 is 0. The van der Waals surface area contributed by atoms with Crippen molar-refractivity contribution < 1.29 is 14.3 Å². The number of esters is 1. The van der Waals surface area contributed by atoms with E-state index in [9.17, 15) is 4.79 Å². The van der Waals surface area contributed by atoms with Crippen LogP contribution < -0.4 is 4.74 Å². The molecule has 0 fully saturated rings. The Morgan fingerprint density at radius 2 is 1.58 bits per heavy atom. The highest BCUT2D eigenvalue weighted by atomic mass is 16.6. The van der Waals surface area contributed by atoms with Gasteiger partial charge in [0.1, 0.15) is 5.75 Å². The predicted molar refractivity (Wildman–Crippen MR) is 72.9 cm³/mol. The Bertz CT molecular complexity index is 508. The van der Waals surface area contributed by atoms with Gasteiger partial charge in [-0.1, -0.05) is 48.5 Å². The monoisotopic (exact) mass is 256 g/mol. The highest BCUT2D eigenvalue weighted by molar-refractivity contribution is 5.78. The van der Waals surface area contributed by atoms with Crippen LogP contribution in [0.25, 0.3) is 0 Å². The van der Waals surface area contributed by atoms with Gasteiger partial charge in [-0.25, -0.2) is 4.79 Å². The first-order valence-electron chi connectivity index (χ1n) is 6.24. The van der Waals surface area contributed by atoms with Crippen molar-refractivity contribution in [2.75, 3.05) is 6.61 Å². The Balaban J connectivity index is 2.13. The fourth-order valence-electron chi connectivity index (χ4n) is 1.75. The van der Waals surface area contributed by atoms with E-state index in [0.717, 1.165) is 5.56 Å². The summed E-state index contributed by atoms with van der Waals surface area (Å²) in [4.78, 5) is 12.2. The molecule has 1 unspecified atom stereocenters. The van der Waals surface area contributed by atoms with Gasteiger partial charge in [0, 0.05) is 6.61 Å². The smallest absolute Gasteiger partial charge is 0.345 e. The molecule has 2 aromatic carbocycles. The van der Waals surface area contributed by atoms with Gasteiger partial charge in [0.15, 0.2) is 6.10 Å². The normalized spacial score (nSPS) is 11.8. The zero-order valence-electron chi connectivity index (χ0n) is 10.8. The van der Waals surface area contributed by atoms with Crippen molar-refractivity contribution in [2.45, 2.75) is 13.0 Å². The molecule has 0 aliphatic heterocycles. The third-order valence-corrected chi connectivity index (χ3v) is 2.61. The molecular weight excluding hydrogens is 240 g/mol. The zero-order valence-corrected chi connectivity index (χ0v) is 10.8. The minimum Gasteiger partial charge on any atom is -0.424 e. The van der Waals surface area contributed by atoms with Gasteiger partial charge < -0.3 is 9.47 Å². The van der Waals surface area contributed by atoms with E-state index in [2.05, 4.69) is 0 Å². The lowest BCUT2D eigenvalue weighted by Crippen LogP contribution is -2.21. The lowest BCUT2D eigenvalue weighted by Gasteiger charge is -2.16. The molecule has 0 N–H and O–H groups in total. The number of benzene rings is 2. The summed E-state index contributed by atoms with van der Waals surface area (Å²) < 4.78 is 10.8. The van der Waals surface area contributed by atoms with E-state index in [-0.39, 0.29) is 0 Å². The first-order chi connectivity index (χ1) is 9.31. The molecule has 0 spiro atoms. The van der Waals surface area contributed by atoms with Gasteiger partial charge in [-0.05, 0) is 24.6 Å². The van der Waals surface area contributed by atoms with Crippen LogP contribution in [0.3, 0.4) is 0 Å². The summed E-state index contributed by atoms with van der Waals surface area (Å²) in [5, 5.41) is 0. The maximum Gasteiger partial charge on any atom is 0.345 e. The summed E-state index contributed by atoms with van der Waals surface area (Å²) in [7, 11) is 0. The summed E-state index contributed by atoms with van der Waals surface area (Å²) in [6.45, 7) is 2.30. The Morgan fingerprint density at radius 3 is 2.16 bits per heavy atom. The van der Waals surface area contributed by atoms with E-state index >= 15 is 0 Å². The number of ether oxygens (including phenoxy) is 2. The van der Waals surface area contributed by atoms with E-state index in [4.69, 9.17) is 9.47 Å². The van der Waals surface area contributed by atoms with E-state index in [1.165, 1.54) is 0 Å². The third kappa shape index (κ3) is 3.66. The molecule has 0 radical (unpaired) electrons. The predicted octanol–water partition coefficient (Wildman–Crippen LogP) is 3.37. The van der Waals surface area contributed by atoms with Crippen LogP contribution in [0.15, 0.2) is 60.7 Å². The fraction of sp³-hybridized carbons (Fsp3) is 0.188. The molecule has 19 heavy (non-hydrogen) atoms. The highest BCUT2D eigenvalue weighted by Gasteiger charge is 2.22. The Kier molecular flexibility index (Phi) is 4.70. The Hall–Kier alpha value is -2.13. The molecule has 0 bridgehead atoms. The lowest BCUT2D eigenvalue weighted by molar-refractivity contribution is -0.147. The summed E-state index contributed by atoms with van der Waals surface area (Å²) in [6, 6.07) is 18.3. The number of carbonyl (C=O) groups excluding carboxylic acids is 1. The van der Waals surface area contributed by atoms with E-state index < -0.39 is 12.1 Å². The minimum atomic E-state index is -0.689. The standard InChI is InChI=1S/C16H16O3/c1-2-18-15(13-9-5-3-6-10-13)16(17)19-14-11-7-4-8-12-14/h3-12,15H,2H2,1H3. The van der Waals surface area contributed by atoms with Crippen molar-refractivity contribution >= 4 is 5.97 Å². The Morgan fingerprint density at radius 1 is 1.00 bits per heavy atom. The molecule has 3 heteroatoms. The second-order valence-corrected chi connectivity index (χ2v) is 3.98. The second-order valence-electron chi connectivity index (χ2n) is 3.98. The molecule has 0 saturated heterocycles. The van der Waals surface area contributed by atoms with Crippen LogP contribution in [0.5, 0.6) is 5.75 Å². The number of carbonyl (C=O) groups is 1.